The van der Waals surface area contributed by atoms with Crippen LogP contribution in [0.4, 0.5) is 11.4 Å². The number of hydrogen-bond donors (Lipinski definition) is 3. The Morgan fingerprint density at radius 2 is 1.27 bits per heavy atom. The number of aromatic hydroxyl groups is 3. The van der Waals surface area contributed by atoms with E-state index >= 15 is 0 Å². The number of benzene rings is 1. The van der Waals surface area contributed by atoms with E-state index in [2.05, 4.69) is 0 Å². The molecule has 0 amide bonds. The van der Waals surface area contributed by atoms with Gasteiger partial charge in [0.05, 0.1) is 9.85 Å². The van der Waals surface area contributed by atoms with Crippen LogP contribution in [-0.4, -0.2) is 25.2 Å². The molecule has 0 bridgehead atoms. The lowest BCUT2D eigenvalue weighted by Gasteiger charge is -2.01. The van der Waals surface area contributed by atoms with Gasteiger partial charge in [0.15, 0.2) is 0 Å². The zero-order valence-corrected chi connectivity index (χ0v) is 6.95. The molecule has 0 aliphatic heterocycles. The first-order chi connectivity index (χ1) is 6.86. The van der Waals surface area contributed by atoms with Gasteiger partial charge >= 0.3 is 11.4 Å². The van der Waals surface area contributed by atoms with Crippen molar-refractivity contribution in [1.82, 2.24) is 0 Å². The zero-order chi connectivity index (χ0) is 11.7. The fraction of sp³-hybridized carbons (Fsp3) is 0. The van der Waals surface area contributed by atoms with Crippen molar-refractivity contribution in [2.45, 2.75) is 0 Å². The Morgan fingerprint density at radius 1 is 0.933 bits per heavy atom. The molecule has 0 aliphatic carbocycles. The first-order valence-corrected chi connectivity index (χ1v) is 3.43. The SMILES string of the molecule is O=[N+]([O-])c1c(O)cc(O)c([N+](=O)[O-])c1O. The molecular formula is C6H4N2O7. The first-order valence-electron chi connectivity index (χ1n) is 3.43. The summed E-state index contributed by atoms with van der Waals surface area (Å²) in [4.78, 5) is 18.2. The molecular weight excluding hydrogens is 212 g/mol. The number of phenols is 3. The molecule has 0 aromatic heterocycles. The van der Waals surface area contributed by atoms with Crippen LogP contribution in [0.15, 0.2) is 6.07 Å². The Labute approximate surface area is 81.1 Å². The number of nitro benzene ring substituents is 2. The minimum Gasteiger partial charge on any atom is -0.502 e. The Hall–Kier alpha value is -2.58. The van der Waals surface area contributed by atoms with Crippen molar-refractivity contribution >= 4 is 11.4 Å². The van der Waals surface area contributed by atoms with Crippen molar-refractivity contribution in [3.05, 3.63) is 26.3 Å². The van der Waals surface area contributed by atoms with Gasteiger partial charge in [-0.05, 0) is 0 Å². The second kappa shape index (κ2) is 3.29. The lowest BCUT2D eigenvalue weighted by atomic mass is 10.2. The summed E-state index contributed by atoms with van der Waals surface area (Å²) >= 11 is 0. The molecule has 1 rings (SSSR count). The van der Waals surface area contributed by atoms with Crippen LogP contribution in [0.1, 0.15) is 0 Å². The molecule has 0 saturated heterocycles. The van der Waals surface area contributed by atoms with Crippen LogP contribution in [0.5, 0.6) is 17.2 Å². The molecule has 0 saturated carbocycles. The third kappa shape index (κ3) is 1.57. The highest BCUT2D eigenvalue weighted by atomic mass is 16.6. The van der Waals surface area contributed by atoms with Crippen LogP contribution < -0.4 is 0 Å². The van der Waals surface area contributed by atoms with E-state index in [0.717, 1.165) is 0 Å². The van der Waals surface area contributed by atoms with Crippen molar-refractivity contribution in [3.8, 4) is 17.2 Å². The van der Waals surface area contributed by atoms with Crippen molar-refractivity contribution < 1.29 is 25.2 Å². The summed E-state index contributed by atoms with van der Waals surface area (Å²) in [7, 11) is 0. The summed E-state index contributed by atoms with van der Waals surface area (Å²) in [6, 6.07) is 0.413. The molecule has 9 heteroatoms. The second-order valence-electron chi connectivity index (χ2n) is 2.47. The van der Waals surface area contributed by atoms with E-state index in [1.54, 1.807) is 0 Å². The van der Waals surface area contributed by atoms with E-state index in [1.165, 1.54) is 0 Å². The summed E-state index contributed by atoms with van der Waals surface area (Å²) in [5, 5.41) is 47.6. The minimum absolute atomic E-state index is 0.413. The standard InChI is InChI=1S/C6H4N2O7/c9-2-1-3(10)5(8(14)15)6(11)4(2)7(12)13/h1,9-11H. The zero-order valence-electron chi connectivity index (χ0n) is 6.95. The van der Waals surface area contributed by atoms with Crippen LogP contribution in [0.25, 0.3) is 0 Å². The van der Waals surface area contributed by atoms with Crippen LogP contribution in [0.3, 0.4) is 0 Å². The van der Waals surface area contributed by atoms with Crippen molar-refractivity contribution in [2.24, 2.45) is 0 Å². The predicted octanol–water partition coefficient (Wildman–Crippen LogP) is 0.620. The van der Waals surface area contributed by atoms with Crippen molar-refractivity contribution in [3.63, 3.8) is 0 Å². The molecule has 0 heterocycles. The van der Waals surface area contributed by atoms with Gasteiger partial charge in [0.2, 0.25) is 11.5 Å². The van der Waals surface area contributed by atoms with E-state index in [-0.39, 0.29) is 0 Å². The van der Waals surface area contributed by atoms with Gasteiger partial charge in [-0.1, -0.05) is 0 Å². The van der Waals surface area contributed by atoms with Crippen LogP contribution in [0.2, 0.25) is 0 Å². The monoisotopic (exact) mass is 216 g/mol. The Balaban J connectivity index is 3.64. The molecule has 80 valence electrons. The Bertz CT molecular complexity index is 417. The molecule has 1 aromatic rings. The molecule has 15 heavy (non-hydrogen) atoms. The number of rotatable bonds is 2. The van der Waals surface area contributed by atoms with Gasteiger partial charge in [-0.15, -0.1) is 0 Å². The summed E-state index contributed by atoms with van der Waals surface area (Å²) in [6.45, 7) is 0. The summed E-state index contributed by atoms with van der Waals surface area (Å²) in [5.74, 6) is -3.50. The number of nitrogens with zero attached hydrogens (tertiary/aromatic N) is 2. The maximum Gasteiger partial charge on any atom is 0.359 e. The fourth-order valence-electron chi connectivity index (χ4n) is 0.981. The molecule has 0 spiro atoms. The van der Waals surface area contributed by atoms with E-state index < -0.39 is 38.5 Å². The average Bonchev–Trinajstić information content (AvgIpc) is 1.99. The second-order valence-corrected chi connectivity index (χ2v) is 2.47. The molecule has 1 aromatic carbocycles. The quantitative estimate of drug-likeness (QED) is 0.484. The van der Waals surface area contributed by atoms with Crippen molar-refractivity contribution in [1.29, 1.82) is 0 Å². The number of hydrogen-bond acceptors (Lipinski definition) is 7. The minimum atomic E-state index is -1.39. The van der Waals surface area contributed by atoms with Gasteiger partial charge in [0.25, 0.3) is 5.75 Å². The largest absolute Gasteiger partial charge is 0.502 e. The normalized spacial score (nSPS) is 9.87. The van der Waals surface area contributed by atoms with Crippen LogP contribution in [-0.2, 0) is 0 Å². The Kier molecular flexibility index (Phi) is 2.30. The third-order valence-electron chi connectivity index (χ3n) is 1.57. The van der Waals surface area contributed by atoms with Gasteiger partial charge in [-0.25, -0.2) is 0 Å². The van der Waals surface area contributed by atoms with E-state index in [9.17, 15) is 20.2 Å². The number of nitro groups is 2. The molecule has 9 nitrogen and oxygen atoms in total. The highest BCUT2D eigenvalue weighted by molar-refractivity contribution is 5.71. The van der Waals surface area contributed by atoms with Crippen LogP contribution >= 0.6 is 0 Å². The molecule has 0 unspecified atom stereocenters. The molecule has 0 radical (unpaired) electrons. The average molecular weight is 216 g/mol. The van der Waals surface area contributed by atoms with E-state index in [0.29, 0.717) is 6.07 Å². The summed E-state index contributed by atoms with van der Waals surface area (Å²) in [5.41, 5.74) is -2.45. The maximum absolute atomic E-state index is 10.3. The first kappa shape index (κ1) is 10.5. The topological polar surface area (TPSA) is 147 Å². The lowest BCUT2D eigenvalue weighted by Crippen LogP contribution is -1.95. The maximum atomic E-state index is 10.3. The van der Waals surface area contributed by atoms with Gasteiger partial charge in [0.1, 0.15) is 0 Å². The predicted molar refractivity (Wildman–Crippen MR) is 44.7 cm³/mol. The number of phenolic OH excluding ortho intramolecular Hbond substituents is 3. The fourth-order valence-corrected chi connectivity index (χ4v) is 0.981. The smallest absolute Gasteiger partial charge is 0.359 e. The molecule has 0 atom stereocenters. The molecule has 0 aliphatic rings. The highest BCUT2D eigenvalue weighted by Crippen LogP contribution is 2.47. The highest BCUT2D eigenvalue weighted by Gasteiger charge is 2.33. The third-order valence-corrected chi connectivity index (χ3v) is 1.57. The van der Waals surface area contributed by atoms with Gasteiger partial charge in [0, 0.05) is 6.07 Å². The summed E-state index contributed by atoms with van der Waals surface area (Å²) in [6.07, 6.45) is 0. The van der Waals surface area contributed by atoms with Gasteiger partial charge < -0.3 is 15.3 Å². The van der Waals surface area contributed by atoms with E-state index in [1.807, 2.05) is 0 Å². The molecule has 0 fully saturated rings. The Morgan fingerprint density at radius 3 is 1.53 bits per heavy atom. The van der Waals surface area contributed by atoms with Gasteiger partial charge in [-0.2, -0.15) is 0 Å². The summed E-state index contributed by atoms with van der Waals surface area (Å²) < 4.78 is 0. The van der Waals surface area contributed by atoms with E-state index in [4.69, 9.17) is 15.3 Å². The van der Waals surface area contributed by atoms with Gasteiger partial charge in [-0.3, -0.25) is 20.2 Å². The van der Waals surface area contributed by atoms with Crippen LogP contribution in [0, 0.1) is 20.2 Å². The lowest BCUT2D eigenvalue weighted by molar-refractivity contribution is -0.397. The van der Waals surface area contributed by atoms with Crippen molar-refractivity contribution in [2.75, 3.05) is 0 Å². The molecule has 3 N–H and O–H groups in total.